The first-order valence-corrected chi connectivity index (χ1v) is 11.3. The van der Waals surface area contributed by atoms with Crippen molar-refractivity contribution in [2.45, 2.75) is 78.7 Å². The van der Waals surface area contributed by atoms with Crippen molar-refractivity contribution < 1.29 is 9.90 Å². The summed E-state index contributed by atoms with van der Waals surface area (Å²) in [6, 6.07) is 0. The fourth-order valence-electron chi connectivity index (χ4n) is 9.49. The van der Waals surface area contributed by atoms with Crippen LogP contribution in [0.25, 0.3) is 0 Å². The number of ketones is 1. The quantitative estimate of drug-likeness (QED) is 0.755. The molecule has 144 valence electrons. The zero-order valence-electron chi connectivity index (χ0n) is 17.0. The molecule has 2 nitrogen and oxygen atoms in total. The van der Waals surface area contributed by atoms with E-state index < -0.39 is 0 Å². The highest BCUT2D eigenvalue weighted by molar-refractivity contribution is 5.91. The smallest absolute Gasteiger partial charge is 0.155 e. The van der Waals surface area contributed by atoms with Crippen molar-refractivity contribution in [1.29, 1.82) is 0 Å². The minimum Gasteiger partial charge on any atom is -0.393 e. The van der Waals surface area contributed by atoms with Crippen LogP contribution in [0.2, 0.25) is 0 Å². The predicted molar refractivity (Wildman–Crippen MR) is 103 cm³/mol. The summed E-state index contributed by atoms with van der Waals surface area (Å²) >= 11 is 0. The normalized spacial score (nSPS) is 56.0. The van der Waals surface area contributed by atoms with Gasteiger partial charge < -0.3 is 5.11 Å². The van der Waals surface area contributed by atoms with E-state index in [0.717, 1.165) is 49.4 Å². The van der Waals surface area contributed by atoms with E-state index in [9.17, 15) is 9.90 Å². The van der Waals surface area contributed by atoms with E-state index in [1.807, 2.05) is 6.08 Å². The molecule has 0 amide bonds. The van der Waals surface area contributed by atoms with Crippen LogP contribution >= 0.6 is 0 Å². The van der Waals surface area contributed by atoms with Crippen molar-refractivity contribution >= 4 is 5.78 Å². The van der Waals surface area contributed by atoms with Gasteiger partial charge in [-0.2, -0.15) is 0 Å². The van der Waals surface area contributed by atoms with E-state index in [1.165, 1.54) is 24.8 Å². The van der Waals surface area contributed by atoms with Crippen LogP contribution in [0.1, 0.15) is 72.6 Å². The molecule has 0 radical (unpaired) electrons. The van der Waals surface area contributed by atoms with E-state index >= 15 is 0 Å². The number of carbonyl (C=O) groups excluding carboxylic acids is 1. The third-order valence-corrected chi connectivity index (χ3v) is 10.3. The number of hydrogen-bond donors (Lipinski definition) is 1. The third-order valence-electron chi connectivity index (χ3n) is 10.3. The SMILES string of the molecule is CC[C@H](O)[C@@H]1C[C@H]2[C@@H](C)[C@]23[C@H]2[C@H](CC[C@]13C)[C@H]1CCC(=O)C=C1C[C@H]2C. The summed E-state index contributed by atoms with van der Waals surface area (Å²) < 4.78 is 0. The topological polar surface area (TPSA) is 37.3 Å². The van der Waals surface area contributed by atoms with Gasteiger partial charge >= 0.3 is 0 Å². The summed E-state index contributed by atoms with van der Waals surface area (Å²) in [6.07, 6.45) is 9.70. The molecule has 1 spiro atoms. The maximum Gasteiger partial charge on any atom is 0.155 e. The van der Waals surface area contributed by atoms with Crippen LogP contribution in [0, 0.1) is 52.3 Å². The van der Waals surface area contributed by atoms with Crippen molar-refractivity contribution in [3.8, 4) is 0 Å². The second-order valence-corrected chi connectivity index (χ2v) is 10.8. The van der Waals surface area contributed by atoms with Gasteiger partial charge in [-0.25, -0.2) is 0 Å². The summed E-state index contributed by atoms with van der Waals surface area (Å²) in [6.45, 7) is 9.69. The molecule has 0 bridgehead atoms. The Morgan fingerprint density at radius 1 is 1.31 bits per heavy atom. The lowest BCUT2D eigenvalue weighted by molar-refractivity contribution is -0.119. The molecule has 0 aromatic heterocycles. The molecule has 0 aromatic rings. The Hall–Kier alpha value is -0.630. The van der Waals surface area contributed by atoms with E-state index in [1.54, 1.807) is 0 Å². The molecular weight excluding hydrogens is 320 g/mol. The molecular formula is C24H36O2. The molecule has 0 saturated heterocycles. The first-order chi connectivity index (χ1) is 12.4. The Morgan fingerprint density at radius 3 is 2.81 bits per heavy atom. The molecule has 5 rings (SSSR count). The first kappa shape index (κ1) is 17.5. The van der Waals surface area contributed by atoms with Crippen molar-refractivity contribution in [1.82, 2.24) is 0 Å². The number of hydrogen-bond acceptors (Lipinski definition) is 2. The average Bonchev–Trinajstić information content (AvgIpc) is 3.06. The van der Waals surface area contributed by atoms with Gasteiger partial charge in [-0.15, -0.1) is 0 Å². The monoisotopic (exact) mass is 356 g/mol. The van der Waals surface area contributed by atoms with Gasteiger partial charge in [0.1, 0.15) is 0 Å². The van der Waals surface area contributed by atoms with E-state index in [0.29, 0.717) is 34.4 Å². The molecule has 1 N–H and O–H groups in total. The summed E-state index contributed by atoms with van der Waals surface area (Å²) in [5.41, 5.74) is 2.29. The Kier molecular flexibility index (Phi) is 3.67. The van der Waals surface area contributed by atoms with Crippen LogP contribution in [0.15, 0.2) is 11.6 Å². The number of aliphatic hydroxyl groups excluding tert-OH is 1. The summed E-state index contributed by atoms with van der Waals surface area (Å²) in [5.74, 6) is 5.51. The van der Waals surface area contributed by atoms with Crippen molar-refractivity contribution in [2.75, 3.05) is 0 Å². The molecule has 0 aromatic carbocycles. The second-order valence-electron chi connectivity index (χ2n) is 10.8. The Labute approximate surface area is 158 Å². The van der Waals surface area contributed by atoms with E-state index in [2.05, 4.69) is 27.7 Å². The summed E-state index contributed by atoms with van der Waals surface area (Å²) in [4.78, 5) is 12.0. The lowest BCUT2D eigenvalue weighted by atomic mass is 9.45. The molecule has 2 heteroatoms. The maximum absolute atomic E-state index is 12.0. The zero-order valence-corrected chi connectivity index (χ0v) is 17.0. The van der Waals surface area contributed by atoms with Crippen molar-refractivity contribution in [3.63, 3.8) is 0 Å². The molecule has 5 aliphatic carbocycles. The first-order valence-electron chi connectivity index (χ1n) is 11.3. The van der Waals surface area contributed by atoms with Crippen molar-refractivity contribution in [3.05, 3.63) is 11.6 Å². The third kappa shape index (κ3) is 1.86. The molecule has 0 unspecified atom stereocenters. The van der Waals surface area contributed by atoms with Crippen LogP contribution < -0.4 is 0 Å². The van der Waals surface area contributed by atoms with E-state index in [4.69, 9.17) is 0 Å². The highest BCUT2D eigenvalue weighted by Crippen LogP contribution is 2.86. The summed E-state index contributed by atoms with van der Waals surface area (Å²) in [5, 5.41) is 10.8. The molecule has 0 aliphatic heterocycles. The maximum atomic E-state index is 12.0. The molecule has 0 heterocycles. The largest absolute Gasteiger partial charge is 0.393 e. The minimum atomic E-state index is -0.116. The fraction of sp³-hybridized carbons (Fsp3) is 0.875. The number of allylic oxidation sites excluding steroid dienone is 1. The highest BCUT2D eigenvalue weighted by atomic mass is 16.3. The molecule has 5 aliphatic rings. The van der Waals surface area contributed by atoms with Crippen molar-refractivity contribution in [2.24, 2.45) is 52.3 Å². The second kappa shape index (κ2) is 5.46. The number of fused-ring (bicyclic) bond motifs is 3. The van der Waals surface area contributed by atoms with Gasteiger partial charge in [-0.05, 0) is 96.9 Å². The van der Waals surface area contributed by atoms with Crippen LogP contribution in [0.4, 0.5) is 0 Å². The van der Waals surface area contributed by atoms with Gasteiger partial charge in [0, 0.05) is 6.42 Å². The molecule has 4 saturated carbocycles. The van der Waals surface area contributed by atoms with Gasteiger partial charge in [0.15, 0.2) is 5.78 Å². The van der Waals surface area contributed by atoms with Gasteiger partial charge in [0.25, 0.3) is 0 Å². The Balaban J connectivity index is 1.55. The van der Waals surface area contributed by atoms with Gasteiger partial charge in [-0.3, -0.25) is 4.79 Å². The lowest BCUT2D eigenvalue weighted by Crippen LogP contribution is -2.54. The van der Waals surface area contributed by atoms with Crippen LogP contribution in [-0.4, -0.2) is 17.0 Å². The minimum absolute atomic E-state index is 0.116. The van der Waals surface area contributed by atoms with Crippen LogP contribution in [-0.2, 0) is 4.79 Å². The zero-order chi connectivity index (χ0) is 18.4. The average molecular weight is 357 g/mol. The Bertz CT molecular complexity index is 665. The van der Waals surface area contributed by atoms with Crippen LogP contribution in [0.3, 0.4) is 0 Å². The predicted octanol–water partition coefficient (Wildman–Crippen LogP) is 5.01. The Morgan fingerprint density at radius 2 is 2.08 bits per heavy atom. The molecule has 4 fully saturated rings. The van der Waals surface area contributed by atoms with Gasteiger partial charge in [0.2, 0.25) is 0 Å². The van der Waals surface area contributed by atoms with Gasteiger partial charge in [-0.1, -0.05) is 33.3 Å². The number of rotatable bonds is 2. The van der Waals surface area contributed by atoms with Crippen LogP contribution in [0.5, 0.6) is 0 Å². The highest BCUT2D eigenvalue weighted by Gasteiger charge is 2.81. The standard InChI is InChI=1S/C24H36O2/c1-5-21(26)20-12-19-14(3)24(19)22-13(2)10-15-11-16(25)6-7-17(15)18(22)8-9-23(20,24)4/h11,13-14,17-22,26H,5-10,12H2,1-4H3/t13-,14-,17+,18-,19+,20+,21+,22-,23-,24-/m1/s1. The lowest BCUT2D eigenvalue weighted by Gasteiger charge is -2.59. The molecule has 26 heavy (non-hydrogen) atoms. The molecule has 10 atom stereocenters. The fourth-order valence-corrected chi connectivity index (χ4v) is 9.49. The number of aliphatic hydroxyl groups is 1. The van der Waals surface area contributed by atoms with E-state index in [-0.39, 0.29) is 6.10 Å². The van der Waals surface area contributed by atoms with Gasteiger partial charge in [0.05, 0.1) is 6.10 Å². The number of carbonyl (C=O) groups is 1. The summed E-state index contributed by atoms with van der Waals surface area (Å²) in [7, 11) is 0.